The van der Waals surface area contributed by atoms with Crippen LogP contribution in [0.3, 0.4) is 0 Å². The van der Waals surface area contributed by atoms with Gasteiger partial charge in [0.1, 0.15) is 0 Å². The van der Waals surface area contributed by atoms with Crippen molar-refractivity contribution in [2.45, 2.75) is 41.8 Å². The summed E-state index contributed by atoms with van der Waals surface area (Å²) in [5.41, 5.74) is 1.15. The van der Waals surface area contributed by atoms with Gasteiger partial charge in [-0.3, -0.25) is 0 Å². The first-order valence-electron chi connectivity index (χ1n) is 8.70. The maximum atomic E-state index is 12.8. The fourth-order valence-corrected chi connectivity index (χ4v) is 5.80. The second-order valence-electron chi connectivity index (χ2n) is 6.84. The number of hydrogen-bond acceptors (Lipinski definition) is 4. The summed E-state index contributed by atoms with van der Waals surface area (Å²) < 4.78 is 37.4. The minimum atomic E-state index is -3.32. The number of rotatable bonds is 6. The topological polar surface area (TPSA) is 52.6 Å². The SMILES string of the molecule is O=S(=O)(c1ccccc1)C1C[C@@H]2O[C@H]1C[C@@H]2COCc1ccccc1. The van der Waals surface area contributed by atoms with Gasteiger partial charge in [0.2, 0.25) is 0 Å². The van der Waals surface area contributed by atoms with Gasteiger partial charge in [-0.2, -0.15) is 0 Å². The standard InChI is InChI=1S/C20H22O4S/c21-25(22,17-9-5-2-6-10-17)20-12-18-16(11-19(20)24-18)14-23-13-15-7-3-1-4-8-15/h1-10,16,18-20H,11-14H2/t16-,18+,19+,20?/m1/s1. The summed E-state index contributed by atoms with van der Waals surface area (Å²) in [5, 5.41) is -0.426. The second-order valence-corrected chi connectivity index (χ2v) is 9.01. The Labute approximate surface area is 148 Å². The van der Waals surface area contributed by atoms with Gasteiger partial charge in [0.05, 0.1) is 35.6 Å². The Hall–Kier alpha value is -1.69. The Morgan fingerprint density at radius 2 is 1.60 bits per heavy atom. The van der Waals surface area contributed by atoms with Crippen LogP contribution < -0.4 is 0 Å². The lowest BCUT2D eigenvalue weighted by molar-refractivity contribution is 0.0450. The Bertz CT molecular complexity index is 804. The number of fused-ring (bicyclic) bond motifs is 2. The number of benzene rings is 2. The second kappa shape index (κ2) is 6.90. The molecule has 2 aliphatic rings. The highest BCUT2D eigenvalue weighted by Gasteiger charge is 2.52. The highest BCUT2D eigenvalue weighted by Crippen LogP contribution is 2.43. The first-order valence-corrected chi connectivity index (χ1v) is 10.3. The maximum Gasteiger partial charge on any atom is 0.183 e. The van der Waals surface area contributed by atoms with Crippen LogP contribution in [0.1, 0.15) is 18.4 Å². The number of ether oxygens (including phenoxy) is 2. The highest BCUT2D eigenvalue weighted by molar-refractivity contribution is 7.92. The molecule has 132 valence electrons. The predicted octanol–water partition coefficient (Wildman–Crippen LogP) is 3.22. The lowest BCUT2D eigenvalue weighted by Gasteiger charge is -2.24. The zero-order valence-corrected chi connectivity index (χ0v) is 14.8. The van der Waals surface area contributed by atoms with Crippen molar-refractivity contribution in [1.82, 2.24) is 0 Å². The minimum Gasteiger partial charge on any atom is -0.376 e. The van der Waals surface area contributed by atoms with Gasteiger partial charge in [0.25, 0.3) is 0 Å². The van der Waals surface area contributed by atoms with E-state index in [0.29, 0.717) is 24.5 Å². The van der Waals surface area contributed by atoms with Crippen molar-refractivity contribution >= 4 is 9.84 Å². The fraction of sp³-hybridized carbons (Fsp3) is 0.400. The molecule has 1 unspecified atom stereocenters. The van der Waals surface area contributed by atoms with Gasteiger partial charge >= 0.3 is 0 Å². The largest absolute Gasteiger partial charge is 0.376 e. The molecule has 2 saturated heterocycles. The van der Waals surface area contributed by atoms with Crippen molar-refractivity contribution in [1.29, 1.82) is 0 Å². The molecule has 4 nitrogen and oxygen atoms in total. The molecule has 2 aliphatic heterocycles. The van der Waals surface area contributed by atoms with Crippen LogP contribution in [-0.4, -0.2) is 32.5 Å². The van der Waals surface area contributed by atoms with Crippen molar-refractivity contribution in [2.75, 3.05) is 6.61 Å². The van der Waals surface area contributed by atoms with Crippen LogP contribution in [0.4, 0.5) is 0 Å². The quantitative estimate of drug-likeness (QED) is 0.796. The van der Waals surface area contributed by atoms with Crippen LogP contribution in [0, 0.1) is 5.92 Å². The normalized spacial score (nSPS) is 28.3. The number of hydrogen-bond donors (Lipinski definition) is 0. The first-order chi connectivity index (χ1) is 12.1. The van der Waals surface area contributed by atoms with E-state index in [1.807, 2.05) is 36.4 Å². The molecule has 4 atom stereocenters. The predicted molar refractivity (Wildman–Crippen MR) is 94.9 cm³/mol. The Morgan fingerprint density at radius 1 is 0.920 bits per heavy atom. The molecule has 2 aromatic rings. The third-order valence-corrected chi connectivity index (χ3v) is 7.43. The van der Waals surface area contributed by atoms with E-state index in [9.17, 15) is 8.42 Å². The van der Waals surface area contributed by atoms with Crippen LogP contribution in [-0.2, 0) is 25.9 Å². The molecule has 4 rings (SSSR count). The molecule has 2 fully saturated rings. The molecule has 2 bridgehead atoms. The van der Waals surface area contributed by atoms with Crippen molar-refractivity contribution in [3.05, 3.63) is 66.2 Å². The average molecular weight is 358 g/mol. The van der Waals surface area contributed by atoms with E-state index >= 15 is 0 Å². The van der Waals surface area contributed by atoms with Crippen LogP contribution in [0.2, 0.25) is 0 Å². The lowest BCUT2D eigenvalue weighted by Crippen LogP contribution is -2.35. The summed E-state index contributed by atoms with van der Waals surface area (Å²) in [6.07, 6.45) is 1.11. The molecular formula is C20H22O4S. The molecule has 0 amide bonds. The average Bonchev–Trinajstić information content (AvgIpc) is 3.24. The third-order valence-electron chi connectivity index (χ3n) is 5.20. The first kappa shape index (κ1) is 16.8. The van der Waals surface area contributed by atoms with E-state index in [1.54, 1.807) is 24.3 Å². The lowest BCUT2D eigenvalue weighted by atomic mass is 9.89. The molecule has 5 heteroatoms. The van der Waals surface area contributed by atoms with Gasteiger partial charge in [-0.25, -0.2) is 8.42 Å². The molecule has 0 radical (unpaired) electrons. The molecule has 0 N–H and O–H groups in total. The van der Waals surface area contributed by atoms with Crippen LogP contribution >= 0.6 is 0 Å². The van der Waals surface area contributed by atoms with E-state index in [4.69, 9.17) is 9.47 Å². The van der Waals surface area contributed by atoms with Crippen LogP contribution in [0.15, 0.2) is 65.6 Å². The van der Waals surface area contributed by atoms with Gasteiger partial charge in [-0.15, -0.1) is 0 Å². The monoisotopic (exact) mass is 358 g/mol. The zero-order valence-electron chi connectivity index (χ0n) is 14.0. The van der Waals surface area contributed by atoms with Gasteiger partial charge < -0.3 is 9.47 Å². The molecule has 2 aromatic carbocycles. The van der Waals surface area contributed by atoms with Gasteiger partial charge in [-0.1, -0.05) is 48.5 Å². The summed E-state index contributed by atoms with van der Waals surface area (Å²) in [7, 11) is -3.32. The highest BCUT2D eigenvalue weighted by atomic mass is 32.2. The summed E-state index contributed by atoms with van der Waals surface area (Å²) in [6, 6.07) is 18.8. The molecule has 0 spiro atoms. The van der Waals surface area contributed by atoms with E-state index in [-0.39, 0.29) is 18.1 Å². The van der Waals surface area contributed by atoms with E-state index in [1.165, 1.54) is 0 Å². The van der Waals surface area contributed by atoms with Gasteiger partial charge in [-0.05, 0) is 30.5 Å². The maximum absolute atomic E-state index is 12.8. The summed E-state index contributed by atoms with van der Waals surface area (Å²) in [6.45, 7) is 1.20. The smallest absolute Gasteiger partial charge is 0.183 e. The summed E-state index contributed by atoms with van der Waals surface area (Å²) >= 11 is 0. The molecule has 0 aromatic heterocycles. The Kier molecular flexibility index (Phi) is 4.63. The summed E-state index contributed by atoms with van der Waals surface area (Å²) in [5.74, 6) is 0.288. The van der Waals surface area contributed by atoms with E-state index < -0.39 is 15.1 Å². The Morgan fingerprint density at radius 3 is 2.24 bits per heavy atom. The Balaban J connectivity index is 1.34. The summed E-state index contributed by atoms with van der Waals surface area (Å²) in [4.78, 5) is 0.396. The van der Waals surface area contributed by atoms with Crippen LogP contribution in [0.25, 0.3) is 0 Å². The molecule has 0 aliphatic carbocycles. The number of sulfone groups is 1. The van der Waals surface area contributed by atoms with Crippen LogP contribution in [0.5, 0.6) is 0 Å². The van der Waals surface area contributed by atoms with Crippen molar-refractivity contribution < 1.29 is 17.9 Å². The minimum absolute atomic E-state index is 0.00994. The van der Waals surface area contributed by atoms with Crippen molar-refractivity contribution in [2.24, 2.45) is 5.92 Å². The van der Waals surface area contributed by atoms with Gasteiger partial charge in [0, 0.05) is 5.92 Å². The molecular weight excluding hydrogens is 336 g/mol. The zero-order chi connectivity index (χ0) is 17.3. The third kappa shape index (κ3) is 3.36. The molecule has 25 heavy (non-hydrogen) atoms. The molecule has 0 saturated carbocycles. The van der Waals surface area contributed by atoms with Gasteiger partial charge in [0.15, 0.2) is 9.84 Å². The van der Waals surface area contributed by atoms with Crippen molar-refractivity contribution in [3.63, 3.8) is 0 Å². The fourth-order valence-electron chi connectivity index (χ4n) is 3.90. The van der Waals surface area contributed by atoms with Crippen molar-refractivity contribution in [3.8, 4) is 0 Å². The van der Waals surface area contributed by atoms with E-state index in [2.05, 4.69) is 0 Å². The van der Waals surface area contributed by atoms with E-state index in [0.717, 1.165) is 12.0 Å². The molecule has 2 heterocycles.